The lowest BCUT2D eigenvalue weighted by molar-refractivity contribution is -0.152. The number of rotatable bonds is 8. The SMILES string of the molecule is COc1cccc2c1CC1C[C@@H](OC(O)c3ccc(-c4ccccc4)cc3)[C@H](CCC=O)[C@H]1C2. The van der Waals surface area contributed by atoms with Crippen LogP contribution >= 0.6 is 0 Å². The molecule has 0 radical (unpaired) electrons. The van der Waals surface area contributed by atoms with E-state index < -0.39 is 6.29 Å². The number of hydrogen-bond acceptors (Lipinski definition) is 4. The first-order valence-electron chi connectivity index (χ1n) is 12.2. The predicted octanol–water partition coefficient (Wildman–Crippen LogP) is 5.77. The van der Waals surface area contributed by atoms with Gasteiger partial charge in [0.05, 0.1) is 13.2 Å². The molecule has 0 amide bonds. The van der Waals surface area contributed by atoms with Crippen molar-refractivity contribution in [1.82, 2.24) is 0 Å². The number of hydrogen-bond donors (Lipinski definition) is 1. The van der Waals surface area contributed by atoms with Gasteiger partial charge in [0.15, 0.2) is 6.29 Å². The minimum Gasteiger partial charge on any atom is -0.496 e. The Labute approximate surface area is 201 Å². The van der Waals surface area contributed by atoms with Crippen molar-refractivity contribution in [2.45, 2.75) is 44.5 Å². The van der Waals surface area contributed by atoms with E-state index in [-0.39, 0.29) is 12.0 Å². The van der Waals surface area contributed by atoms with Crippen LogP contribution in [0.4, 0.5) is 0 Å². The Morgan fingerprint density at radius 2 is 1.74 bits per heavy atom. The van der Waals surface area contributed by atoms with Gasteiger partial charge in [-0.3, -0.25) is 0 Å². The van der Waals surface area contributed by atoms with Crippen molar-refractivity contribution in [2.75, 3.05) is 7.11 Å². The van der Waals surface area contributed by atoms with Crippen molar-refractivity contribution >= 4 is 6.29 Å². The van der Waals surface area contributed by atoms with Gasteiger partial charge in [-0.2, -0.15) is 0 Å². The van der Waals surface area contributed by atoms with Crippen LogP contribution in [0.15, 0.2) is 72.8 Å². The van der Waals surface area contributed by atoms with Crippen LogP contribution in [0.1, 0.15) is 42.2 Å². The van der Waals surface area contributed by atoms with E-state index in [9.17, 15) is 9.90 Å². The van der Waals surface area contributed by atoms with Crippen LogP contribution in [0.2, 0.25) is 0 Å². The van der Waals surface area contributed by atoms with Gasteiger partial charge in [0.2, 0.25) is 0 Å². The molecule has 0 bridgehead atoms. The van der Waals surface area contributed by atoms with E-state index in [0.717, 1.165) is 54.4 Å². The molecule has 2 aliphatic carbocycles. The molecule has 3 aromatic rings. The van der Waals surface area contributed by atoms with Crippen LogP contribution in [0.25, 0.3) is 11.1 Å². The summed E-state index contributed by atoms with van der Waals surface area (Å²) in [6, 6.07) is 24.4. The maximum absolute atomic E-state index is 11.2. The van der Waals surface area contributed by atoms with Gasteiger partial charge in [0.25, 0.3) is 0 Å². The second-order valence-corrected chi connectivity index (χ2v) is 9.59. The van der Waals surface area contributed by atoms with Gasteiger partial charge in [0.1, 0.15) is 12.0 Å². The smallest absolute Gasteiger partial charge is 0.181 e. The molecular weight excluding hydrogens is 424 g/mol. The highest BCUT2D eigenvalue weighted by molar-refractivity contribution is 5.63. The minimum absolute atomic E-state index is 0.0703. The fourth-order valence-electron chi connectivity index (χ4n) is 6.10. The number of ether oxygens (including phenoxy) is 2. The molecule has 1 fully saturated rings. The number of aliphatic hydroxyl groups is 1. The Morgan fingerprint density at radius 3 is 2.47 bits per heavy atom. The summed E-state index contributed by atoms with van der Waals surface area (Å²) in [5, 5.41) is 11.0. The Bertz CT molecular complexity index is 1110. The van der Waals surface area contributed by atoms with Crippen LogP contribution in [0, 0.1) is 17.8 Å². The second-order valence-electron chi connectivity index (χ2n) is 9.59. The van der Waals surface area contributed by atoms with Gasteiger partial charge >= 0.3 is 0 Å². The van der Waals surface area contributed by atoms with Crippen molar-refractivity contribution < 1.29 is 19.4 Å². The first-order chi connectivity index (χ1) is 16.7. The van der Waals surface area contributed by atoms with Gasteiger partial charge in [-0.05, 0) is 71.8 Å². The number of methoxy groups -OCH3 is 1. The number of carbonyl (C=O) groups is 1. The van der Waals surface area contributed by atoms with E-state index in [0.29, 0.717) is 18.3 Å². The molecule has 5 atom stereocenters. The molecule has 0 aromatic heterocycles. The third-order valence-electron chi connectivity index (χ3n) is 7.76. The molecule has 0 spiro atoms. The highest BCUT2D eigenvalue weighted by Gasteiger charge is 2.46. The van der Waals surface area contributed by atoms with E-state index in [4.69, 9.17) is 9.47 Å². The maximum atomic E-state index is 11.2. The predicted molar refractivity (Wildman–Crippen MR) is 132 cm³/mol. The summed E-state index contributed by atoms with van der Waals surface area (Å²) in [5.41, 5.74) is 5.66. The van der Waals surface area contributed by atoms with Crippen LogP contribution in [-0.4, -0.2) is 24.6 Å². The summed E-state index contributed by atoms with van der Waals surface area (Å²) in [7, 11) is 1.73. The molecule has 0 saturated heterocycles. The molecule has 34 heavy (non-hydrogen) atoms. The number of fused-ring (bicyclic) bond motifs is 2. The lowest BCUT2D eigenvalue weighted by Crippen LogP contribution is -2.28. The number of carbonyl (C=O) groups excluding carboxylic acids is 1. The van der Waals surface area contributed by atoms with Gasteiger partial charge in [0, 0.05) is 12.0 Å². The average molecular weight is 457 g/mol. The standard InChI is InChI=1S/C30H32O4/c1-33-28-11-5-9-23-17-26-24(18-27(23)28)19-29(25(26)10-6-16-31)34-30(32)22-14-12-21(13-15-22)20-7-3-2-4-8-20/h2-5,7-9,11-16,24-26,29-30,32H,6,10,17-19H2,1H3/t24?,25-,26+,29-,30?/m1/s1. The molecule has 5 rings (SSSR count). The van der Waals surface area contributed by atoms with Crippen molar-refractivity contribution in [2.24, 2.45) is 17.8 Å². The minimum atomic E-state index is -0.981. The second kappa shape index (κ2) is 10.1. The molecule has 1 N–H and O–H groups in total. The third-order valence-corrected chi connectivity index (χ3v) is 7.76. The fraction of sp³-hybridized carbons (Fsp3) is 0.367. The van der Waals surface area contributed by atoms with Crippen molar-refractivity contribution in [3.05, 3.63) is 89.5 Å². The first-order valence-corrected chi connectivity index (χ1v) is 12.2. The van der Waals surface area contributed by atoms with Crippen LogP contribution in [0.5, 0.6) is 5.75 Å². The van der Waals surface area contributed by atoms with Crippen LogP contribution in [0.3, 0.4) is 0 Å². The molecule has 0 aliphatic heterocycles. The summed E-state index contributed by atoms with van der Waals surface area (Å²) in [4.78, 5) is 11.2. The zero-order valence-corrected chi connectivity index (χ0v) is 19.6. The maximum Gasteiger partial charge on any atom is 0.181 e. The molecule has 2 unspecified atom stereocenters. The molecular formula is C30H32O4. The highest BCUT2D eigenvalue weighted by atomic mass is 16.6. The average Bonchev–Trinajstić information content (AvgIpc) is 3.21. The lowest BCUT2D eigenvalue weighted by Gasteiger charge is -2.32. The molecule has 1 saturated carbocycles. The molecule has 0 heterocycles. The van der Waals surface area contributed by atoms with Crippen LogP contribution < -0.4 is 4.74 Å². The largest absolute Gasteiger partial charge is 0.496 e. The Morgan fingerprint density at radius 1 is 0.971 bits per heavy atom. The van der Waals surface area contributed by atoms with Gasteiger partial charge < -0.3 is 19.4 Å². The lowest BCUT2D eigenvalue weighted by atomic mass is 9.73. The Balaban J connectivity index is 1.32. The summed E-state index contributed by atoms with van der Waals surface area (Å²) in [5.74, 6) is 2.14. The van der Waals surface area contributed by atoms with E-state index in [1.165, 1.54) is 11.1 Å². The summed E-state index contributed by atoms with van der Waals surface area (Å²) in [6.45, 7) is 0. The quantitative estimate of drug-likeness (QED) is 0.345. The summed E-state index contributed by atoms with van der Waals surface area (Å²) < 4.78 is 11.9. The summed E-state index contributed by atoms with van der Waals surface area (Å²) in [6.07, 6.45) is 4.11. The highest BCUT2D eigenvalue weighted by Crippen LogP contribution is 2.50. The Hall–Kier alpha value is -2.95. The van der Waals surface area contributed by atoms with E-state index in [2.05, 4.69) is 24.3 Å². The first kappa shape index (κ1) is 22.8. The molecule has 2 aliphatic rings. The van der Waals surface area contributed by atoms with Gasteiger partial charge in [-0.1, -0.05) is 66.7 Å². The number of aldehydes is 1. The molecule has 4 nitrogen and oxygen atoms in total. The van der Waals surface area contributed by atoms with E-state index >= 15 is 0 Å². The molecule has 4 heteroatoms. The fourth-order valence-corrected chi connectivity index (χ4v) is 6.10. The van der Waals surface area contributed by atoms with Crippen molar-refractivity contribution in [1.29, 1.82) is 0 Å². The van der Waals surface area contributed by atoms with Crippen LogP contribution in [-0.2, 0) is 22.4 Å². The third kappa shape index (κ3) is 4.53. The van der Waals surface area contributed by atoms with E-state index in [1.807, 2.05) is 48.5 Å². The zero-order chi connectivity index (χ0) is 23.5. The molecule has 3 aromatic carbocycles. The van der Waals surface area contributed by atoms with Gasteiger partial charge in [-0.15, -0.1) is 0 Å². The monoisotopic (exact) mass is 456 g/mol. The normalized spacial score (nSPS) is 24.2. The van der Waals surface area contributed by atoms with Crippen molar-refractivity contribution in [3.63, 3.8) is 0 Å². The topological polar surface area (TPSA) is 55.8 Å². The number of aliphatic hydroxyl groups excluding tert-OH is 1. The van der Waals surface area contributed by atoms with E-state index in [1.54, 1.807) is 7.11 Å². The van der Waals surface area contributed by atoms with Gasteiger partial charge in [-0.25, -0.2) is 0 Å². The number of benzene rings is 3. The van der Waals surface area contributed by atoms with Crippen molar-refractivity contribution in [3.8, 4) is 16.9 Å². The Kier molecular flexibility index (Phi) is 6.80. The molecule has 176 valence electrons. The zero-order valence-electron chi connectivity index (χ0n) is 19.6. The summed E-state index contributed by atoms with van der Waals surface area (Å²) >= 11 is 0.